The highest BCUT2D eigenvalue weighted by Crippen LogP contribution is 2.19. The first kappa shape index (κ1) is 22.1. The molecule has 2 N–H and O–H groups in total. The first-order chi connectivity index (χ1) is 12.5. The zero-order valence-electron chi connectivity index (χ0n) is 15.6. The number of benzene rings is 1. The van der Waals surface area contributed by atoms with Crippen molar-refractivity contribution in [2.45, 2.75) is 70.5 Å². The van der Waals surface area contributed by atoms with Crippen molar-refractivity contribution in [3.8, 4) is 0 Å². The van der Waals surface area contributed by atoms with Gasteiger partial charge < -0.3 is 20.1 Å². The fourth-order valence-corrected chi connectivity index (χ4v) is 2.59. The Balaban J connectivity index is 2.39. The number of allylic oxidation sites excluding steroid dienone is 1. The third-order valence-corrected chi connectivity index (χ3v) is 4.21. The first-order valence-corrected chi connectivity index (χ1v) is 9.52. The number of carboxylic acid groups (broad SMARTS) is 1. The lowest BCUT2D eigenvalue weighted by molar-refractivity contribution is -0.305. The second kappa shape index (κ2) is 13.3. The van der Waals surface area contributed by atoms with Crippen LogP contribution in [0.3, 0.4) is 0 Å². The van der Waals surface area contributed by atoms with Crippen LogP contribution in [-0.4, -0.2) is 22.3 Å². The van der Waals surface area contributed by atoms with Crippen molar-refractivity contribution in [3.05, 3.63) is 53.6 Å². The summed E-state index contributed by atoms with van der Waals surface area (Å²) in [5.41, 5.74) is 1.80. The largest absolute Gasteiger partial charge is 0.550 e. The molecule has 144 valence electrons. The molecule has 0 fully saturated rings. The van der Waals surface area contributed by atoms with Crippen molar-refractivity contribution >= 4 is 12.0 Å². The van der Waals surface area contributed by atoms with E-state index < -0.39 is 18.2 Å². The fraction of sp³-hybridized carbons (Fsp3) is 0.500. The van der Waals surface area contributed by atoms with Crippen molar-refractivity contribution in [1.29, 1.82) is 0 Å². The second-order valence-corrected chi connectivity index (χ2v) is 6.58. The smallest absolute Gasteiger partial charge is 0.0824 e. The zero-order valence-corrected chi connectivity index (χ0v) is 15.6. The summed E-state index contributed by atoms with van der Waals surface area (Å²) in [7, 11) is 0. The van der Waals surface area contributed by atoms with Crippen LogP contribution < -0.4 is 5.11 Å². The van der Waals surface area contributed by atoms with E-state index in [1.807, 2.05) is 30.3 Å². The molecule has 1 rings (SSSR count). The normalized spacial score (nSPS) is 14.1. The van der Waals surface area contributed by atoms with E-state index in [-0.39, 0.29) is 6.42 Å². The molecule has 0 aliphatic rings. The Kier molecular flexibility index (Phi) is 11.3. The maximum atomic E-state index is 10.3. The Bertz CT molecular complexity index is 560. The van der Waals surface area contributed by atoms with Crippen molar-refractivity contribution < 1.29 is 20.1 Å². The molecule has 0 saturated heterocycles. The van der Waals surface area contributed by atoms with Crippen LogP contribution in [0, 0.1) is 0 Å². The average molecular weight is 359 g/mol. The lowest BCUT2D eigenvalue weighted by Gasteiger charge is -2.09. The van der Waals surface area contributed by atoms with E-state index in [0.29, 0.717) is 19.3 Å². The number of unbranched alkanes of at least 4 members (excludes halogenated alkanes) is 3. The number of carboxylic acids is 1. The van der Waals surface area contributed by atoms with Crippen LogP contribution in [0.1, 0.15) is 75.5 Å². The lowest BCUT2D eigenvalue weighted by Crippen LogP contribution is -2.22. The molecule has 0 bridgehead atoms. The summed E-state index contributed by atoms with van der Waals surface area (Å²) in [6.07, 6.45) is 12.5. The monoisotopic (exact) mass is 359 g/mol. The van der Waals surface area contributed by atoms with E-state index >= 15 is 0 Å². The molecule has 4 heteroatoms. The highest BCUT2D eigenvalue weighted by atomic mass is 16.4. The van der Waals surface area contributed by atoms with Gasteiger partial charge in [0.25, 0.3) is 0 Å². The van der Waals surface area contributed by atoms with Gasteiger partial charge in [-0.05, 0) is 49.7 Å². The Labute approximate surface area is 156 Å². The van der Waals surface area contributed by atoms with Gasteiger partial charge in [0, 0.05) is 5.97 Å². The molecule has 0 saturated carbocycles. The minimum absolute atomic E-state index is 0.0372. The van der Waals surface area contributed by atoms with Crippen molar-refractivity contribution in [3.63, 3.8) is 0 Å². The SMILES string of the molecule is CCCCCC=CCC(O)c1ccc(C=CC(O)CCCC(=O)[O-])cc1. The average Bonchev–Trinajstić information content (AvgIpc) is 2.63. The minimum atomic E-state index is -1.09. The molecule has 0 spiro atoms. The van der Waals surface area contributed by atoms with Crippen LogP contribution in [0.15, 0.2) is 42.5 Å². The number of carbonyl (C=O) groups is 1. The molecule has 2 unspecified atom stereocenters. The van der Waals surface area contributed by atoms with Gasteiger partial charge in [-0.3, -0.25) is 0 Å². The third-order valence-electron chi connectivity index (χ3n) is 4.21. The number of aliphatic hydroxyl groups excluding tert-OH is 2. The van der Waals surface area contributed by atoms with Gasteiger partial charge in [0.15, 0.2) is 0 Å². The summed E-state index contributed by atoms with van der Waals surface area (Å²) in [5, 5.41) is 30.3. The summed E-state index contributed by atoms with van der Waals surface area (Å²) in [6, 6.07) is 7.57. The summed E-state index contributed by atoms with van der Waals surface area (Å²) < 4.78 is 0. The molecule has 2 atom stereocenters. The molecule has 0 heterocycles. The number of rotatable bonds is 13. The molecule has 4 nitrogen and oxygen atoms in total. The Morgan fingerprint density at radius 1 is 1.12 bits per heavy atom. The van der Waals surface area contributed by atoms with Gasteiger partial charge in [-0.2, -0.15) is 0 Å². The van der Waals surface area contributed by atoms with Gasteiger partial charge in [0.05, 0.1) is 12.2 Å². The zero-order chi connectivity index (χ0) is 19.2. The van der Waals surface area contributed by atoms with E-state index in [1.54, 1.807) is 12.2 Å². The van der Waals surface area contributed by atoms with Gasteiger partial charge in [-0.1, -0.05) is 68.3 Å². The van der Waals surface area contributed by atoms with E-state index in [2.05, 4.69) is 13.0 Å². The van der Waals surface area contributed by atoms with Crippen LogP contribution in [0.4, 0.5) is 0 Å². The van der Waals surface area contributed by atoms with Crippen LogP contribution in [0.5, 0.6) is 0 Å². The maximum absolute atomic E-state index is 10.3. The molecular formula is C22H31O4-. The standard InChI is InChI=1S/C22H32O4/c1-2-3-4-5-6-7-10-21(24)19-15-12-18(13-16-19)14-17-20(23)9-8-11-22(25)26/h6-7,12-17,20-21,23-24H,2-5,8-11H2,1H3,(H,25,26)/p-1. The van der Waals surface area contributed by atoms with E-state index in [1.165, 1.54) is 19.3 Å². The number of aliphatic hydroxyl groups is 2. The number of hydrogen-bond acceptors (Lipinski definition) is 4. The Morgan fingerprint density at radius 2 is 1.85 bits per heavy atom. The molecule has 0 aromatic heterocycles. The second-order valence-electron chi connectivity index (χ2n) is 6.58. The van der Waals surface area contributed by atoms with Crippen LogP contribution in [0.25, 0.3) is 6.08 Å². The van der Waals surface area contributed by atoms with Crippen LogP contribution in [0.2, 0.25) is 0 Å². The molecule has 0 aliphatic carbocycles. The molecule has 26 heavy (non-hydrogen) atoms. The van der Waals surface area contributed by atoms with Crippen molar-refractivity contribution in [2.75, 3.05) is 0 Å². The van der Waals surface area contributed by atoms with Crippen molar-refractivity contribution in [1.82, 2.24) is 0 Å². The first-order valence-electron chi connectivity index (χ1n) is 9.52. The predicted molar refractivity (Wildman–Crippen MR) is 103 cm³/mol. The van der Waals surface area contributed by atoms with Gasteiger partial charge >= 0.3 is 0 Å². The number of carbonyl (C=O) groups excluding carboxylic acids is 1. The molecule has 1 aromatic rings. The minimum Gasteiger partial charge on any atom is -0.550 e. The van der Waals surface area contributed by atoms with Gasteiger partial charge in [0.2, 0.25) is 0 Å². The van der Waals surface area contributed by atoms with E-state index in [4.69, 9.17) is 0 Å². The molecule has 0 amide bonds. The molecule has 0 aliphatic heterocycles. The van der Waals surface area contributed by atoms with Crippen LogP contribution in [-0.2, 0) is 4.79 Å². The van der Waals surface area contributed by atoms with E-state index in [0.717, 1.165) is 17.5 Å². The summed E-state index contributed by atoms with van der Waals surface area (Å²) in [5.74, 6) is -1.09. The van der Waals surface area contributed by atoms with E-state index in [9.17, 15) is 20.1 Å². The third kappa shape index (κ3) is 10.2. The number of hydrogen-bond donors (Lipinski definition) is 2. The topological polar surface area (TPSA) is 80.6 Å². The molecule has 0 radical (unpaired) electrons. The fourth-order valence-electron chi connectivity index (χ4n) is 2.59. The Hall–Kier alpha value is -1.91. The van der Waals surface area contributed by atoms with Crippen LogP contribution >= 0.6 is 0 Å². The molecule has 1 aromatic carbocycles. The molecular weight excluding hydrogens is 328 g/mol. The van der Waals surface area contributed by atoms with Gasteiger partial charge in [0.1, 0.15) is 0 Å². The van der Waals surface area contributed by atoms with Crippen molar-refractivity contribution in [2.24, 2.45) is 0 Å². The maximum Gasteiger partial charge on any atom is 0.0824 e. The highest BCUT2D eigenvalue weighted by molar-refractivity contribution is 5.64. The highest BCUT2D eigenvalue weighted by Gasteiger charge is 2.05. The summed E-state index contributed by atoms with van der Waals surface area (Å²) >= 11 is 0. The Morgan fingerprint density at radius 3 is 2.50 bits per heavy atom. The van der Waals surface area contributed by atoms with Gasteiger partial charge in [-0.25, -0.2) is 0 Å². The predicted octanol–water partition coefficient (Wildman–Crippen LogP) is 3.54. The quantitative estimate of drug-likeness (QED) is 0.417. The van der Waals surface area contributed by atoms with Gasteiger partial charge in [-0.15, -0.1) is 0 Å². The summed E-state index contributed by atoms with van der Waals surface area (Å²) in [4.78, 5) is 10.3. The number of aliphatic carboxylic acids is 1. The lowest BCUT2D eigenvalue weighted by atomic mass is 10.0. The summed E-state index contributed by atoms with van der Waals surface area (Å²) in [6.45, 7) is 2.18.